The fourth-order valence-electron chi connectivity index (χ4n) is 2.12. The van der Waals surface area contributed by atoms with Crippen molar-refractivity contribution < 1.29 is 4.79 Å². The molecule has 21 heavy (non-hydrogen) atoms. The summed E-state index contributed by atoms with van der Waals surface area (Å²) in [5.74, 6) is 0. The van der Waals surface area contributed by atoms with Gasteiger partial charge < -0.3 is 20.4 Å². The molecule has 2 amide bonds. The smallest absolute Gasteiger partial charge is 0.319 e. The third-order valence-electron chi connectivity index (χ3n) is 3.32. The van der Waals surface area contributed by atoms with Crippen LogP contribution in [0.5, 0.6) is 0 Å². The SMILES string of the molecule is CCN(CC)c1ccc(NC(=O)NCCCN(C)C)cc1. The predicted octanol–water partition coefficient (Wildman–Crippen LogP) is 2.61. The van der Waals surface area contributed by atoms with Crippen LogP contribution in [-0.2, 0) is 0 Å². The highest BCUT2D eigenvalue weighted by atomic mass is 16.2. The number of urea groups is 1. The van der Waals surface area contributed by atoms with E-state index in [9.17, 15) is 4.79 Å². The highest BCUT2D eigenvalue weighted by molar-refractivity contribution is 5.89. The second-order valence-corrected chi connectivity index (χ2v) is 5.26. The van der Waals surface area contributed by atoms with Crippen molar-refractivity contribution in [2.45, 2.75) is 20.3 Å². The Hall–Kier alpha value is -1.75. The van der Waals surface area contributed by atoms with Crippen molar-refractivity contribution in [1.29, 1.82) is 0 Å². The van der Waals surface area contributed by atoms with Crippen molar-refractivity contribution in [2.24, 2.45) is 0 Å². The largest absolute Gasteiger partial charge is 0.372 e. The van der Waals surface area contributed by atoms with E-state index in [0.717, 1.165) is 31.7 Å². The lowest BCUT2D eigenvalue weighted by Gasteiger charge is -2.21. The Balaban J connectivity index is 2.39. The van der Waals surface area contributed by atoms with Crippen molar-refractivity contribution in [3.63, 3.8) is 0 Å². The van der Waals surface area contributed by atoms with Crippen LogP contribution in [0, 0.1) is 0 Å². The van der Waals surface area contributed by atoms with Crippen LogP contribution in [0.2, 0.25) is 0 Å². The fraction of sp³-hybridized carbons (Fsp3) is 0.562. The maximum atomic E-state index is 11.7. The zero-order valence-corrected chi connectivity index (χ0v) is 13.6. The first kappa shape index (κ1) is 17.3. The molecule has 0 saturated heterocycles. The molecule has 0 atom stereocenters. The van der Waals surface area contributed by atoms with Gasteiger partial charge in [-0.25, -0.2) is 4.79 Å². The van der Waals surface area contributed by atoms with Gasteiger partial charge in [0.05, 0.1) is 0 Å². The minimum absolute atomic E-state index is 0.149. The standard InChI is InChI=1S/C16H28N4O/c1-5-20(6-2)15-10-8-14(9-11-15)18-16(21)17-12-7-13-19(3)4/h8-11H,5-7,12-13H2,1-4H3,(H2,17,18,21). The lowest BCUT2D eigenvalue weighted by molar-refractivity contribution is 0.251. The average molecular weight is 292 g/mol. The molecule has 0 aliphatic rings. The summed E-state index contributed by atoms with van der Waals surface area (Å²) in [6, 6.07) is 7.80. The van der Waals surface area contributed by atoms with E-state index >= 15 is 0 Å². The van der Waals surface area contributed by atoms with E-state index in [0.29, 0.717) is 6.54 Å². The monoisotopic (exact) mass is 292 g/mol. The molecule has 5 nitrogen and oxygen atoms in total. The number of rotatable bonds is 8. The number of carbonyl (C=O) groups excluding carboxylic acids is 1. The molecule has 1 aromatic rings. The van der Waals surface area contributed by atoms with Crippen molar-refractivity contribution in [1.82, 2.24) is 10.2 Å². The molecule has 1 rings (SSSR count). The summed E-state index contributed by atoms with van der Waals surface area (Å²) in [5, 5.41) is 5.71. The van der Waals surface area contributed by atoms with Gasteiger partial charge in [-0.2, -0.15) is 0 Å². The number of carbonyl (C=O) groups is 1. The number of hydrogen-bond acceptors (Lipinski definition) is 3. The molecule has 0 saturated carbocycles. The highest BCUT2D eigenvalue weighted by Gasteiger charge is 2.04. The van der Waals surface area contributed by atoms with Gasteiger partial charge in [-0.05, 0) is 65.2 Å². The van der Waals surface area contributed by atoms with Gasteiger partial charge in [-0.15, -0.1) is 0 Å². The molecule has 0 fully saturated rings. The molecule has 1 aromatic carbocycles. The second kappa shape index (κ2) is 9.23. The third-order valence-corrected chi connectivity index (χ3v) is 3.32. The molecule has 118 valence electrons. The molecule has 0 radical (unpaired) electrons. The maximum absolute atomic E-state index is 11.7. The van der Waals surface area contributed by atoms with Crippen LogP contribution in [-0.4, -0.2) is 51.2 Å². The molecular formula is C16H28N4O. The summed E-state index contributed by atoms with van der Waals surface area (Å²) in [6.45, 7) is 7.89. The quantitative estimate of drug-likeness (QED) is 0.724. The molecular weight excluding hydrogens is 264 g/mol. The van der Waals surface area contributed by atoms with E-state index in [2.05, 4.69) is 34.3 Å². The van der Waals surface area contributed by atoms with Crippen molar-refractivity contribution in [2.75, 3.05) is 50.5 Å². The zero-order chi connectivity index (χ0) is 15.7. The van der Waals surface area contributed by atoms with Gasteiger partial charge in [0.25, 0.3) is 0 Å². The predicted molar refractivity (Wildman–Crippen MR) is 90.2 cm³/mol. The van der Waals surface area contributed by atoms with Gasteiger partial charge in [0, 0.05) is 31.0 Å². The van der Waals surface area contributed by atoms with Gasteiger partial charge >= 0.3 is 6.03 Å². The Morgan fingerprint density at radius 1 is 1.10 bits per heavy atom. The van der Waals surface area contributed by atoms with Crippen LogP contribution in [0.3, 0.4) is 0 Å². The van der Waals surface area contributed by atoms with Crippen molar-refractivity contribution >= 4 is 17.4 Å². The summed E-state index contributed by atoms with van der Waals surface area (Å²) in [5.41, 5.74) is 1.99. The number of amides is 2. The normalized spacial score (nSPS) is 10.5. The topological polar surface area (TPSA) is 47.6 Å². The minimum atomic E-state index is -0.149. The first-order valence-electron chi connectivity index (χ1n) is 7.61. The van der Waals surface area contributed by atoms with E-state index < -0.39 is 0 Å². The average Bonchev–Trinajstić information content (AvgIpc) is 2.46. The Morgan fingerprint density at radius 2 is 1.71 bits per heavy atom. The first-order chi connectivity index (χ1) is 10.1. The Labute approximate surface area is 128 Å². The van der Waals surface area contributed by atoms with E-state index in [4.69, 9.17) is 0 Å². The molecule has 0 aliphatic heterocycles. The number of hydrogen-bond donors (Lipinski definition) is 2. The van der Waals surface area contributed by atoms with Crippen molar-refractivity contribution in [3.05, 3.63) is 24.3 Å². The summed E-state index contributed by atoms with van der Waals surface area (Å²) < 4.78 is 0. The Morgan fingerprint density at radius 3 is 2.24 bits per heavy atom. The number of anilines is 2. The minimum Gasteiger partial charge on any atom is -0.372 e. The van der Waals surface area contributed by atoms with Gasteiger partial charge in [0.15, 0.2) is 0 Å². The van der Waals surface area contributed by atoms with Crippen LogP contribution in [0.15, 0.2) is 24.3 Å². The summed E-state index contributed by atoms with van der Waals surface area (Å²) in [6.07, 6.45) is 0.946. The van der Waals surface area contributed by atoms with Crippen molar-refractivity contribution in [3.8, 4) is 0 Å². The molecule has 0 aromatic heterocycles. The van der Waals surface area contributed by atoms with Crippen LogP contribution < -0.4 is 15.5 Å². The summed E-state index contributed by atoms with van der Waals surface area (Å²) in [4.78, 5) is 16.1. The Kier molecular flexibility index (Phi) is 7.61. The van der Waals surface area contributed by atoms with E-state index in [-0.39, 0.29) is 6.03 Å². The van der Waals surface area contributed by atoms with Gasteiger partial charge in [0.1, 0.15) is 0 Å². The lowest BCUT2D eigenvalue weighted by Crippen LogP contribution is -2.31. The van der Waals surface area contributed by atoms with E-state index in [1.807, 2.05) is 38.4 Å². The fourth-order valence-corrected chi connectivity index (χ4v) is 2.12. The molecule has 0 aliphatic carbocycles. The van der Waals surface area contributed by atoms with Gasteiger partial charge in [-0.1, -0.05) is 0 Å². The second-order valence-electron chi connectivity index (χ2n) is 5.26. The molecule has 0 bridgehead atoms. The van der Waals surface area contributed by atoms with Crippen LogP contribution >= 0.6 is 0 Å². The lowest BCUT2D eigenvalue weighted by atomic mass is 10.2. The molecule has 0 heterocycles. The maximum Gasteiger partial charge on any atom is 0.319 e. The zero-order valence-electron chi connectivity index (χ0n) is 13.6. The number of benzene rings is 1. The van der Waals surface area contributed by atoms with Crippen LogP contribution in [0.25, 0.3) is 0 Å². The number of nitrogens with zero attached hydrogens (tertiary/aromatic N) is 2. The van der Waals surface area contributed by atoms with E-state index in [1.54, 1.807) is 0 Å². The third kappa shape index (κ3) is 6.49. The number of nitrogens with one attached hydrogen (secondary N) is 2. The van der Waals surface area contributed by atoms with Crippen LogP contribution in [0.4, 0.5) is 16.2 Å². The summed E-state index contributed by atoms with van der Waals surface area (Å²) in [7, 11) is 4.05. The van der Waals surface area contributed by atoms with E-state index in [1.165, 1.54) is 5.69 Å². The van der Waals surface area contributed by atoms with Gasteiger partial charge in [-0.3, -0.25) is 0 Å². The first-order valence-corrected chi connectivity index (χ1v) is 7.61. The molecule has 5 heteroatoms. The van der Waals surface area contributed by atoms with Crippen LogP contribution in [0.1, 0.15) is 20.3 Å². The molecule has 0 spiro atoms. The summed E-state index contributed by atoms with van der Waals surface area (Å²) >= 11 is 0. The molecule has 0 unspecified atom stereocenters. The molecule has 2 N–H and O–H groups in total. The van der Waals surface area contributed by atoms with Gasteiger partial charge in [0.2, 0.25) is 0 Å². The Bertz CT molecular complexity index is 413. The highest BCUT2D eigenvalue weighted by Crippen LogP contribution is 2.17.